The van der Waals surface area contributed by atoms with E-state index in [4.69, 9.17) is 14.2 Å². The zero-order chi connectivity index (χ0) is 17.5. The Hall–Kier alpha value is -1.63. The molecule has 0 spiro atoms. The molecule has 0 N–H and O–H groups in total. The number of hydrogen-bond acceptors (Lipinski definition) is 4. The summed E-state index contributed by atoms with van der Waals surface area (Å²) in [7, 11) is 4.73. The van der Waals surface area contributed by atoms with Crippen LogP contribution in [0.2, 0.25) is 0 Å². The van der Waals surface area contributed by atoms with Crippen molar-refractivity contribution in [3.63, 3.8) is 0 Å². The van der Waals surface area contributed by atoms with Crippen LogP contribution in [0.1, 0.15) is 11.1 Å². The van der Waals surface area contributed by atoms with E-state index in [1.165, 1.54) is 0 Å². The third-order valence-corrected chi connectivity index (χ3v) is 4.95. The van der Waals surface area contributed by atoms with Crippen molar-refractivity contribution < 1.29 is 18.8 Å². The topological polar surface area (TPSA) is 50.8 Å². The Labute approximate surface area is 153 Å². The van der Waals surface area contributed by atoms with Crippen molar-refractivity contribution in [3.8, 4) is 17.2 Å². The highest BCUT2D eigenvalue weighted by Gasteiger charge is 2.12. The molecule has 0 saturated carbocycles. The molecule has 128 valence electrons. The maximum absolute atomic E-state index is 12.3. The molecule has 1 unspecified atom stereocenters. The SMILES string of the molecule is COc1cc(OC)c(/C=C/[S+]([O-])Cc2ccc(Br)cc2)c(OC)c1. The molecular formula is C18H19BrO4S. The number of halogens is 1. The lowest BCUT2D eigenvalue weighted by atomic mass is 10.1. The van der Waals surface area contributed by atoms with Crippen molar-refractivity contribution >= 4 is 33.2 Å². The van der Waals surface area contributed by atoms with Crippen LogP contribution in [0.25, 0.3) is 6.08 Å². The van der Waals surface area contributed by atoms with Crippen molar-refractivity contribution in [3.05, 3.63) is 57.4 Å². The first-order valence-corrected chi connectivity index (χ1v) is 9.34. The van der Waals surface area contributed by atoms with E-state index >= 15 is 0 Å². The Morgan fingerprint density at radius 1 is 1.00 bits per heavy atom. The number of rotatable bonds is 7. The molecule has 0 saturated heterocycles. The normalized spacial score (nSPS) is 12.2. The minimum absolute atomic E-state index is 0.449. The van der Waals surface area contributed by atoms with Crippen LogP contribution < -0.4 is 14.2 Å². The van der Waals surface area contributed by atoms with Gasteiger partial charge in [-0.05, 0) is 23.3 Å². The first kappa shape index (κ1) is 18.7. The zero-order valence-corrected chi connectivity index (χ0v) is 16.1. The molecule has 6 heteroatoms. The van der Waals surface area contributed by atoms with E-state index < -0.39 is 11.2 Å². The molecule has 2 rings (SSSR count). The first-order chi connectivity index (χ1) is 11.6. The molecule has 0 bridgehead atoms. The third-order valence-electron chi connectivity index (χ3n) is 3.36. The van der Waals surface area contributed by atoms with E-state index in [9.17, 15) is 4.55 Å². The van der Waals surface area contributed by atoms with Gasteiger partial charge in [-0.25, -0.2) is 0 Å². The van der Waals surface area contributed by atoms with E-state index in [-0.39, 0.29) is 0 Å². The van der Waals surface area contributed by atoms with E-state index in [2.05, 4.69) is 15.9 Å². The van der Waals surface area contributed by atoms with E-state index in [0.717, 1.165) is 15.6 Å². The average Bonchev–Trinajstić information content (AvgIpc) is 2.61. The van der Waals surface area contributed by atoms with Gasteiger partial charge in [-0.15, -0.1) is 0 Å². The van der Waals surface area contributed by atoms with Gasteiger partial charge in [0.05, 0.1) is 26.9 Å². The van der Waals surface area contributed by atoms with E-state index in [1.54, 1.807) is 44.9 Å². The lowest BCUT2D eigenvalue weighted by Crippen LogP contribution is -2.00. The van der Waals surface area contributed by atoms with Crippen LogP contribution >= 0.6 is 15.9 Å². The maximum Gasteiger partial charge on any atom is 0.135 e. The molecule has 2 aromatic carbocycles. The van der Waals surface area contributed by atoms with Crippen molar-refractivity contribution in [2.24, 2.45) is 0 Å². The first-order valence-electron chi connectivity index (χ1n) is 7.17. The molecule has 4 nitrogen and oxygen atoms in total. The van der Waals surface area contributed by atoms with Crippen molar-refractivity contribution in [2.75, 3.05) is 21.3 Å². The van der Waals surface area contributed by atoms with Crippen LogP contribution in [0.3, 0.4) is 0 Å². The smallest absolute Gasteiger partial charge is 0.135 e. The lowest BCUT2D eigenvalue weighted by Gasteiger charge is -2.12. The molecule has 0 radical (unpaired) electrons. The van der Waals surface area contributed by atoms with Crippen molar-refractivity contribution in [1.29, 1.82) is 0 Å². The van der Waals surface area contributed by atoms with Gasteiger partial charge in [0, 0.05) is 28.2 Å². The number of methoxy groups -OCH3 is 3. The minimum atomic E-state index is -1.14. The van der Waals surface area contributed by atoms with E-state index in [1.807, 2.05) is 24.3 Å². The zero-order valence-electron chi connectivity index (χ0n) is 13.7. The molecule has 2 aromatic rings. The molecule has 1 atom stereocenters. The second-order valence-corrected chi connectivity index (χ2v) is 7.14. The lowest BCUT2D eigenvalue weighted by molar-refractivity contribution is 0.374. The van der Waals surface area contributed by atoms with Gasteiger partial charge in [0.1, 0.15) is 28.4 Å². The van der Waals surface area contributed by atoms with Gasteiger partial charge in [-0.1, -0.05) is 28.1 Å². The molecule has 0 heterocycles. The summed E-state index contributed by atoms with van der Waals surface area (Å²) in [4.78, 5) is 0. The summed E-state index contributed by atoms with van der Waals surface area (Å²) in [6.45, 7) is 0. The fourth-order valence-electron chi connectivity index (χ4n) is 2.13. The number of hydrogen-bond donors (Lipinski definition) is 0. The summed E-state index contributed by atoms with van der Waals surface area (Å²) < 4.78 is 29.3. The highest BCUT2D eigenvalue weighted by molar-refractivity contribution is 9.10. The Kier molecular flexibility index (Phi) is 7.02. The highest BCUT2D eigenvalue weighted by atomic mass is 79.9. The monoisotopic (exact) mass is 410 g/mol. The van der Waals surface area contributed by atoms with Gasteiger partial charge in [0.2, 0.25) is 0 Å². The van der Waals surface area contributed by atoms with Gasteiger partial charge in [0.25, 0.3) is 0 Å². The predicted molar refractivity (Wildman–Crippen MR) is 101 cm³/mol. The highest BCUT2D eigenvalue weighted by Crippen LogP contribution is 2.35. The van der Waals surface area contributed by atoms with Crippen LogP contribution in [0, 0.1) is 0 Å². The summed E-state index contributed by atoms with van der Waals surface area (Å²) in [6.07, 6.45) is 1.76. The van der Waals surface area contributed by atoms with E-state index in [0.29, 0.717) is 23.0 Å². The number of benzene rings is 2. The van der Waals surface area contributed by atoms with Crippen LogP contribution in [0.15, 0.2) is 46.3 Å². The van der Waals surface area contributed by atoms with Gasteiger partial charge in [0.15, 0.2) is 0 Å². The van der Waals surface area contributed by atoms with Gasteiger partial charge < -0.3 is 18.8 Å². The maximum atomic E-state index is 12.3. The summed E-state index contributed by atoms with van der Waals surface area (Å²) in [5.74, 6) is 2.29. The average molecular weight is 411 g/mol. The Bertz CT molecular complexity index is 676. The standard InChI is InChI=1S/C18H19BrO4S/c1-21-15-10-17(22-2)16(18(11-15)23-3)8-9-24(20)12-13-4-6-14(19)7-5-13/h4-11H,12H2,1-3H3/b9-8+. The predicted octanol–water partition coefficient (Wildman–Crippen LogP) is 4.39. The summed E-state index contributed by atoms with van der Waals surface area (Å²) in [5, 5.41) is 1.65. The van der Waals surface area contributed by atoms with Crippen molar-refractivity contribution in [2.45, 2.75) is 5.75 Å². The van der Waals surface area contributed by atoms with Crippen LogP contribution in [-0.4, -0.2) is 25.9 Å². The molecule has 0 aliphatic heterocycles. The largest absolute Gasteiger partial charge is 0.612 e. The summed E-state index contributed by atoms with van der Waals surface area (Å²) >= 11 is 2.24. The Morgan fingerprint density at radius 2 is 1.58 bits per heavy atom. The second kappa shape index (κ2) is 9.01. The van der Waals surface area contributed by atoms with Crippen LogP contribution in [0.4, 0.5) is 0 Å². The fourth-order valence-corrected chi connectivity index (χ4v) is 3.30. The van der Waals surface area contributed by atoms with Gasteiger partial charge in [-0.3, -0.25) is 0 Å². The van der Waals surface area contributed by atoms with Crippen LogP contribution in [0.5, 0.6) is 17.2 Å². The van der Waals surface area contributed by atoms with Crippen LogP contribution in [-0.2, 0) is 16.9 Å². The van der Waals surface area contributed by atoms with Crippen molar-refractivity contribution in [1.82, 2.24) is 0 Å². The molecular weight excluding hydrogens is 392 g/mol. The molecule has 0 amide bonds. The Morgan fingerprint density at radius 3 is 2.08 bits per heavy atom. The quantitative estimate of drug-likeness (QED) is 0.634. The summed E-state index contributed by atoms with van der Waals surface area (Å²) in [5.41, 5.74) is 1.74. The second-order valence-electron chi connectivity index (χ2n) is 4.90. The Balaban J connectivity index is 2.19. The van der Waals surface area contributed by atoms with Gasteiger partial charge in [-0.2, -0.15) is 0 Å². The molecule has 0 aliphatic carbocycles. The number of ether oxygens (including phenoxy) is 3. The summed E-state index contributed by atoms with van der Waals surface area (Å²) in [6, 6.07) is 11.3. The fraction of sp³-hybridized carbons (Fsp3) is 0.222. The molecule has 0 fully saturated rings. The molecule has 0 aromatic heterocycles. The van der Waals surface area contributed by atoms with Gasteiger partial charge >= 0.3 is 0 Å². The minimum Gasteiger partial charge on any atom is -0.612 e. The third kappa shape index (κ3) is 4.93. The molecule has 0 aliphatic rings. The molecule has 24 heavy (non-hydrogen) atoms.